The summed E-state index contributed by atoms with van der Waals surface area (Å²) in [6.45, 7) is 1.89. The van der Waals surface area contributed by atoms with Crippen LogP contribution in [0.1, 0.15) is 17.9 Å². The molecule has 5 nitrogen and oxygen atoms in total. The summed E-state index contributed by atoms with van der Waals surface area (Å²) >= 11 is 1.60. The number of hydrogen-bond acceptors (Lipinski definition) is 5. The summed E-state index contributed by atoms with van der Waals surface area (Å²) in [6, 6.07) is 15.4. The highest BCUT2D eigenvalue weighted by molar-refractivity contribution is 7.99. The maximum atomic E-state index is 12.0. The minimum absolute atomic E-state index is 0.0814. The summed E-state index contributed by atoms with van der Waals surface area (Å²) in [7, 11) is 1.65. The van der Waals surface area contributed by atoms with Crippen molar-refractivity contribution in [3.05, 3.63) is 66.2 Å². The van der Waals surface area contributed by atoms with Crippen LogP contribution in [0.3, 0.4) is 0 Å². The second-order valence-corrected chi connectivity index (χ2v) is 6.86. The SMILES string of the molecule is COc1ccc(Sc2ccc(NC(=O)CCc3ccc(C)o3)nc2)cc1. The van der Waals surface area contributed by atoms with Crippen molar-refractivity contribution in [2.75, 3.05) is 12.4 Å². The zero-order chi connectivity index (χ0) is 18.4. The van der Waals surface area contributed by atoms with Crippen molar-refractivity contribution >= 4 is 23.5 Å². The Bertz CT molecular complexity index is 858. The Morgan fingerprint density at radius 2 is 1.88 bits per heavy atom. The van der Waals surface area contributed by atoms with Crippen LogP contribution in [-0.4, -0.2) is 18.0 Å². The van der Waals surface area contributed by atoms with Crippen LogP contribution < -0.4 is 10.1 Å². The summed E-state index contributed by atoms with van der Waals surface area (Å²) in [5, 5.41) is 2.81. The highest BCUT2D eigenvalue weighted by Crippen LogP contribution is 2.28. The summed E-state index contributed by atoms with van der Waals surface area (Å²) in [6.07, 6.45) is 2.68. The van der Waals surface area contributed by atoms with Crippen molar-refractivity contribution in [3.8, 4) is 5.75 Å². The van der Waals surface area contributed by atoms with E-state index in [4.69, 9.17) is 9.15 Å². The molecule has 0 unspecified atom stereocenters. The molecule has 0 radical (unpaired) electrons. The second kappa shape index (κ2) is 8.58. The first-order chi connectivity index (χ1) is 12.6. The molecule has 0 atom stereocenters. The first-order valence-electron chi connectivity index (χ1n) is 8.25. The molecular weight excluding hydrogens is 348 g/mol. The van der Waals surface area contributed by atoms with E-state index in [9.17, 15) is 4.79 Å². The van der Waals surface area contributed by atoms with Gasteiger partial charge in [-0.15, -0.1) is 0 Å². The highest BCUT2D eigenvalue weighted by Gasteiger charge is 2.07. The van der Waals surface area contributed by atoms with Gasteiger partial charge in [0, 0.05) is 28.8 Å². The molecule has 0 saturated carbocycles. The Labute approximate surface area is 156 Å². The van der Waals surface area contributed by atoms with Gasteiger partial charge in [-0.25, -0.2) is 4.98 Å². The minimum Gasteiger partial charge on any atom is -0.497 e. The molecule has 1 amide bonds. The molecule has 0 aliphatic rings. The quantitative estimate of drug-likeness (QED) is 0.654. The normalized spacial score (nSPS) is 10.5. The van der Waals surface area contributed by atoms with Crippen LogP contribution in [0.15, 0.2) is 68.9 Å². The van der Waals surface area contributed by atoms with Gasteiger partial charge < -0.3 is 14.5 Å². The van der Waals surface area contributed by atoms with Crippen molar-refractivity contribution in [1.82, 2.24) is 4.98 Å². The average Bonchev–Trinajstić information content (AvgIpc) is 3.08. The fourth-order valence-corrected chi connectivity index (χ4v) is 3.14. The largest absolute Gasteiger partial charge is 0.497 e. The Kier molecular flexibility index (Phi) is 5.96. The second-order valence-electron chi connectivity index (χ2n) is 5.72. The van der Waals surface area contributed by atoms with E-state index < -0.39 is 0 Å². The number of hydrogen-bond donors (Lipinski definition) is 1. The van der Waals surface area contributed by atoms with Gasteiger partial charge in [-0.2, -0.15) is 0 Å². The van der Waals surface area contributed by atoms with Crippen LogP contribution >= 0.6 is 11.8 Å². The monoisotopic (exact) mass is 368 g/mol. The van der Waals surface area contributed by atoms with Gasteiger partial charge in [0.05, 0.1) is 7.11 Å². The lowest BCUT2D eigenvalue weighted by molar-refractivity contribution is -0.116. The van der Waals surface area contributed by atoms with Gasteiger partial charge >= 0.3 is 0 Å². The minimum atomic E-state index is -0.0814. The lowest BCUT2D eigenvalue weighted by Gasteiger charge is -2.06. The van der Waals surface area contributed by atoms with E-state index >= 15 is 0 Å². The fourth-order valence-electron chi connectivity index (χ4n) is 2.36. The van der Waals surface area contributed by atoms with Crippen LogP contribution in [0.5, 0.6) is 5.75 Å². The summed E-state index contributed by atoms with van der Waals surface area (Å²) in [4.78, 5) is 18.4. The number of carbonyl (C=O) groups excluding carboxylic acids is 1. The zero-order valence-corrected chi connectivity index (χ0v) is 15.5. The lowest BCUT2D eigenvalue weighted by Crippen LogP contribution is -2.13. The number of pyridine rings is 1. The average molecular weight is 368 g/mol. The molecule has 2 aromatic heterocycles. The van der Waals surface area contributed by atoms with Gasteiger partial charge in [0.25, 0.3) is 0 Å². The smallest absolute Gasteiger partial charge is 0.225 e. The van der Waals surface area contributed by atoms with E-state index in [2.05, 4.69) is 10.3 Å². The van der Waals surface area contributed by atoms with Crippen molar-refractivity contribution in [2.24, 2.45) is 0 Å². The van der Waals surface area contributed by atoms with Gasteiger partial charge in [0.15, 0.2) is 0 Å². The Balaban J connectivity index is 1.50. The molecule has 0 aliphatic carbocycles. The number of aromatic nitrogens is 1. The van der Waals surface area contributed by atoms with E-state index in [-0.39, 0.29) is 5.91 Å². The van der Waals surface area contributed by atoms with Crippen molar-refractivity contribution in [1.29, 1.82) is 0 Å². The molecule has 1 aromatic carbocycles. The first-order valence-corrected chi connectivity index (χ1v) is 9.07. The van der Waals surface area contributed by atoms with Gasteiger partial charge in [0.2, 0.25) is 5.91 Å². The third kappa shape index (κ3) is 5.13. The van der Waals surface area contributed by atoms with E-state index in [1.807, 2.05) is 49.4 Å². The first kappa shape index (κ1) is 18.1. The van der Waals surface area contributed by atoms with E-state index in [1.165, 1.54) is 0 Å². The van der Waals surface area contributed by atoms with Crippen molar-refractivity contribution < 1.29 is 13.9 Å². The topological polar surface area (TPSA) is 64.4 Å². The van der Waals surface area contributed by atoms with Crippen molar-refractivity contribution in [3.63, 3.8) is 0 Å². The number of nitrogens with zero attached hydrogens (tertiary/aromatic N) is 1. The number of ether oxygens (including phenoxy) is 1. The molecule has 1 N–H and O–H groups in total. The number of aryl methyl sites for hydroxylation is 2. The fraction of sp³-hybridized carbons (Fsp3) is 0.200. The van der Waals surface area contributed by atoms with Crippen LogP contribution in [0.25, 0.3) is 0 Å². The van der Waals surface area contributed by atoms with Gasteiger partial charge in [0.1, 0.15) is 23.1 Å². The number of nitrogens with one attached hydrogen (secondary N) is 1. The number of methoxy groups -OCH3 is 1. The molecule has 0 saturated heterocycles. The number of carbonyl (C=O) groups is 1. The number of amides is 1. The van der Waals surface area contributed by atoms with Crippen LogP contribution in [0.4, 0.5) is 5.82 Å². The van der Waals surface area contributed by atoms with E-state index in [0.717, 1.165) is 27.1 Å². The molecule has 0 bridgehead atoms. The summed E-state index contributed by atoms with van der Waals surface area (Å²) < 4.78 is 10.6. The third-order valence-corrected chi connectivity index (χ3v) is 4.68. The Morgan fingerprint density at radius 1 is 1.12 bits per heavy atom. The predicted octanol–water partition coefficient (Wildman–Crippen LogP) is 4.71. The van der Waals surface area contributed by atoms with Crippen LogP contribution in [0, 0.1) is 6.92 Å². The molecule has 3 aromatic rings. The van der Waals surface area contributed by atoms with Crippen LogP contribution in [0.2, 0.25) is 0 Å². The predicted molar refractivity (Wildman–Crippen MR) is 102 cm³/mol. The number of rotatable bonds is 7. The van der Waals surface area contributed by atoms with E-state index in [1.54, 1.807) is 31.1 Å². The standard InChI is InChI=1S/C20H20N2O3S/c1-14-3-4-16(25-14)7-12-20(23)22-19-11-10-18(13-21-19)26-17-8-5-15(24-2)6-9-17/h3-6,8-11,13H,7,12H2,1-2H3,(H,21,22,23). The van der Waals surface area contributed by atoms with Crippen molar-refractivity contribution in [2.45, 2.75) is 29.6 Å². The molecule has 134 valence electrons. The molecular formula is C20H20N2O3S. The number of benzene rings is 1. The molecule has 2 heterocycles. The molecule has 0 aliphatic heterocycles. The molecule has 0 spiro atoms. The Hall–Kier alpha value is -2.73. The van der Waals surface area contributed by atoms with Crippen LogP contribution in [-0.2, 0) is 11.2 Å². The summed E-state index contributed by atoms with van der Waals surface area (Å²) in [5.74, 6) is 2.96. The van der Waals surface area contributed by atoms with Gasteiger partial charge in [-0.3, -0.25) is 4.79 Å². The number of furan rings is 1. The van der Waals surface area contributed by atoms with Gasteiger partial charge in [-0.05, 0) is 55.5 Å². The van der Waals surface area contributed by atoms with Gasteiger partial charge in [-0.1, -0.05) is 11.8 Å². The molecule has 26 heavy (non-hydrogen) atoms. The molecule has 6 heteroatoms. The maximum absolute atomic E-state index is 12.0. The lowest BCUT2D eigenvalue weighted by atomic mass is 10.2. The van der Waals surface area contributed by atoms with E-state index in [0.29, 0.717) is 18.7 Å². The maximum Gasteiger partial charge on any atom is 0.225 e. The highest BCUT2D eigenvalue weighted by atomic mass is 32.2. The number of anilines is 1. The molecule has 0 fully saturated rings. The third-order valence-electron chi connectivity index (χ3n) is 3.69. The zero-order valence-electron chi connectivity index (χ0n) is 14.7. The Morgan fingerprint density at radius 3 is 2.50 bits per heavy atom. The summed E-state index contributed by atoms with van der Waals surface area (Å²) in [5.41, 5.74) is 0. The molecule has 3 rings (SSSR count).